The molecule has 0 aliphatic heterocycles. The van der Waals surface area contributed by atoms with Gasteiger partial charge in [0.15, 0.2) is 0 Å². The number of rotatable bonds is 44. The van der Waals surface area contributed by atoms with E-state index in [-0.39, 0.29) is 18.0 Å². The molecule has 0 aromatic heterocycles. The summed E-state index contributed by atoms with van der Waals surface area (Å²) in [6.07, 6.45) is 41.3. The second-order valence-electron chi connectivity index (χ2n) is 16.9. The molecule has 0 radical (unpaired) electrons. The van der Waals surface area contributed by atoms with E-state index in [1.54, 1.807) is 6.92 Å². The first-order chi connectivity index (χ1) is 26.8. The van der Waals surface area contributed by atoms with Crippen molar-refractivity contribution in [3.8, 4) is 0 Å². The lowest BCUT2D eigenvalue weighted by molar-refractivity contribution is -0.150. The van der Waals surface area contributed by atoms with E-state index in [4.69, 9.17) is 9.47 Å². The van der Waals surface area contributed by atoms with Crippen LogP contribution in [0.4, 0.5) is 0 Å². The lowest BCUT2D eigenvalue weighted by Gasteiger charge is -2.24. The van der Waals surface area contributed by atoms with Crippen LogP contribution in [0.15, 0.2) is 12.3 Å². The van der Waals surface area contributed by atoms with Gasteiger partial charge in [0.1, 0.15) is 6.10 Å². The van der Waals surface area contributed by atoms with Crippen molar-refractivity contribution in [3.05, 3.63) is 12.3 Å². The summed E-state index contributed by atoms with van der Waals surface area (Å²) in [6, 6.07) is 0. The first kappa shape index (κ1) is 53.4. The summed E-state index contributed by atoms with van der Waals surface area (Å²) >= 11 is 0. The maximum atomic E-state index is 12.8. The molecule has 0 fully saturated rings. The topological polar surface area (TPSA) is 59.1 Å². The van der Waals surface area contributed by atoms with Crippen LogP contribution in [-0.2, 0) is 19.1 Å². The zero-order valence-corrected chi connectivity index (χ0v) is 37.9. The second kappa shape index (κ2) is 42.1. The fourth-order valence-corrected chi connectivity index (χ4v) is 7.51. The van der Waals surface area contributed by atoms with Gasteiger partial charge in [-0.2, -0.15) is 0 Å². The predicted molar refractivity (Wildman–Crippen MR) is 239 cm³/mol. The van der Waals surface area contributed by atoms with Crippen LogP contribution in [0.25, 0.3) is 0 Å². The second-order valence-corrected chi connectivity index (χ2v) is 16.9. The molecule has 55 heavy (non-hydrogen) atoms. The molecule has 0 saturated heterocycles. The molecule has 0 aromatic rings. The Hall–Kier alpha value is -1.56. The van der Waals surface area contributed by atoms with Gasteiger partial charge in [0.2, 0.25) is 5.91 Å². The number of amides is 1. The fraction of sp³-hybridized carbons (Fsp3) is 0.918. The number of carbonyl (C=O) groups is 2. The molecule has 0 aromatic carbocycles. The van der Waals surface area contributed by atoms with Gasteiger partial charge >= 0.3 is 5.97 Å². The van der Waals surface area contributed by atoms with Crippen LogP contribution < -0.4 is 0 Å². The Morgan fingerprint density at radius 3 is 1.38 bits per heavy atom. The van der Waals surface area contributed by atoms with Crippen LogP contribution in [-0.4, -0.2) is 67.6 Å². The SMILES string of the molecule is C=C(CCCCCCCN(CCCCCCCC(=O)OC(CCCCCCCC)CCCCCCCC)CCCN(C)C(C)=O)OCCCCCCCCC. The third-order valence-electron chi connectivity index (χ3n) is 11.4. The predicted octanol–water partition coefficient (Wildman–Crippen LogP) is 14.5. The number of hydrogen-bond donors (Lipinski definition) is 0. The van der Waals surface area contributed by atoms with Gasteiger partial charge in [0.25, 0.3) is 0 Å². The van der Waals surface area contributed by atoms with E-state index in [0.29, 0.717) is 6.42 Å². The molecule has 0 atom stereocenters. The van der Waals surface area contributed by atoms with Crippen LogP contribution in [0, 0.1) is 0 Å². The molecule has 0 rings (SSSR count). The van der Waals surface area contributed by atoms with Gasteiger partial charge in [0, 0.05) is 33.4 Å². The van der Waals surface area contributed by atoms with E-state index in [1.807, 2.05) is 11.9 Å². The Morgan fingerprint density at radius 1 is 0.491 bits per heavy atom. The molecule has 0 bridgehead atoms. The summed E-state index contributed by atoms with van der Waals surface area (Å²) in [5.41, 5.74) is 0. The Bertz CT molecular complexity index is 833. The maximum Gasteiger partial charge on any atom is 0.306 e. The quantitative estimate of drug-likeness (QED) is 0.0350. The summed E-state index contributed by atoms with van der Waals surface area (Å²) in [6.45, 7) is 17.6. The average Bonchev–Trinajstić information content (AvgIpc) is 3.17. The minimum absolute atomic E-state index is 0.0285. The van der Waals surface area contributed by atoms with E-state index >= 15 is 0 Å². The van der Waals surface area contributed by atoms with Crippen molar-refractivity contribution in [1.29, 1.82) is 0 Å². The number of carbonyl (C=O) groups excluding carboxylic acids is 2. The third-order valence-corrected chi connectivity index (χ3v) is 11.4. The normalized spacial score (nSPS) is 11.5. The molecule has 0 N–H and O–H groups in total. The molecule has 326 valence electrons. The van der Waals surface area contributed by atoms with E-state index in [1.165, 1.54) is 167 Å². The highest BCUT2D eigenvalue weighted by Gasteiger charge is 2.14. The van der Waals surface area contributed by atoms with E-state index in [0.717, 1.165) is 83.5 Å². The fourth-order valence-electron chi connectivity index (χ4n) is 7.51. The van der Waals surface area contributed by atoms with Gasteiger partial charge in [-0.25, -0.2) is 0 Å². The van der Waals surface area contributed by atoms with Crippen molar-refractivity contribution in [3.63, 3.8) is 0 Å². The lowest BCUT2D eigenvalue weighted by atomic mass is 10.0. The van der Waals surface area contributed by atoms with Crippen LogP contribution in [0.5, 0.6) is 0 Å². The molecule has 6 nitrogen and oxygen atoms in total. The molecule has 6 heteroatoms. The Balaban J connectivity index is 4.31. The smallest absolute Gasteiger partial charge is 0.306 e. The van der Waals surface area contributed by atoms with Crippen LogP contribution in [0.3, 0.4) is 0 Å². The van der Waals surface area contributed by atoms with E-state index < -0.39 is 0 Å². The number of allylic oxidation sites excluding steroid dienone is 1. The molecule has 0 heterocycles. The molecule has 0 unspecified atom stereocenters. The summed E-state index contributed by atoms with van der Waals surface area (Å²) in [4.78, 5) is 29.0. The number of esters is 1. The maximum absolute atomic E-state index is 12.8. The Labute approximate surface area is 344 Å². The highest BCUT2D eigenvalue weighted by Crippen LogP contribution is 2.19. The van der Waals surface area contributed by atoms with E-state index in [9.17, 15) is 9.59 Å². The minimum Gasteiger partial charge on any atom is -0.499 e. The molecular weight excluding hydrogens is 681 g/mol. The summed E-state index contributed by atoms with van der Waals surface area (Å²) < 4.78 is 12.0. The summed E-state index contributed by atoms with van der Waals surface area (Å²) in [5, 5.41) is 0. The van der Waals surface area contributed by atoms with Crippen molar-refractivity contribution in [2.75, 3.05) is 39.8 Å². The Morgan fingerprint density at radius 2 is 0.891 bits per heavy atom. The largest absolute Gasteiger partial charge is 0.499 e. The number of nitrogens with zero attached hydrogens (tertiary/aromatic N) is 2. The van der Waals surface area contributed by atoms with Crippen LogP contribution in [0.2, 0.25) is 0 Å². The third kappa shape index (κ3) is 39.1. The zero-order valence-electron chi connectivity index (χ0n) is 37.9. The van der Waals surface area contributed by atoms with Crippen molar-refractivity contribution in [2.45, 2.75) is 252 Å². The van der Waals surface area contributed by atoms with Gasteiger partial charge in [0.05, 0.1) is 12.4 Å². The highest BCUT2D eigenvalue weighted by atomic mass is 16.5. The standard InChI is InChI=1S/C49H96N2O4/c1-7-10-13-16-19-28-35-45-54-46(4)37-29-22-20-26-33-42-51(44-36-41-50(6)47(5)52)43-34-27-21-25-32-40-49(53)55-48(38-30-23-17-14-11-8-2)39-31-24-18-15-12-9-3/h48H,4,7-45H2,1-3,5-6H3. The van der Waals surface area contributed by atoms with Gasteiger partial charge in [-0.15, -0.1) is 0 Å². The van der Waals surface area contributed by atoms with Crippen molar-refractivity contribution in [1.82, 2.24) is 9.80 Å². The van der Waals surface area contributed by atoms with Crippen LogP contribution >= 0.6 is 0 Å². The lowest BCUT2D eigenvalue weighted by Crippen LogP contribution is -2.31. The Kier molecular flexibility index (Phi) is 40.9. The zero-order chi connectivity index (χ0) is 40.5. The first-order valence-corrected chi connectivity index (χ1v) is 24.3. The van der Waals surface area contributed by atoms with E-state index in [2.05, 4.69) is 32.3 Å². The number of ether oxygens (including phenoxy) is 2. The highest BCUT2D eigenvalue weighted by molar-refractivity contribution is 5.72. The first-order valence-electron chi connectivity index (χ1n) is 24.3. The van der Waals surface area contributed by atoms with Crippen LogP contribution in [0.1, 0.15) is 246 Å². The molecular formula is C49H96N2O4. The molecule has 0 aliphatic rings. The van der Waals surface area contributed by atoms with Crippen molar-refractivity contribution < 1.29 is 19.1 Å². The van der Waals surface area contributed by atoms with Crippen molar-refractivity contribution in [2.24, 2.45) is 0 Å². The van der Waals surface area contributed by atoms with Gasteiger partial charge in [-0.05, 0) is 83.8 Å². The molecule has 0 spiro atoms. The molecule has 1 amide bonds. The van der Waals surface area contributed by atoms with Gasteiger partial charge in [-0.3, -0.25) is 9.59 Å². The minimum atomic E-state index is 0.0285. The molecule has 0 aliphatic carbocycles. The number of unbranched alkanes of at least 4 members (excludes halogenated alkanes) is 24. The van der Waals surface area contributed by atoms with Crippen molar-refractivity contribution >= 4 is 11.9 Å². The molecule has 0 saturated carbocycles. The monoisotopic (exact) mass is 777 g/mol. The summed E-state index contributed by atoms with van der Waals surface area (Å²) in [7, 11) is 1.91. The average molecular weight is 777 g/mol. The summed E-state index contributed by atoms with van der Waals surface area (Å²) in [5.74, 6) is 1.15. The van der Waals surface area contributed by atoms with Gasteiger partial charge < -0.3 is 19.3 Å². The van der Waals surface area contributed by atoms with Gasteiger partial charge in [-0.1, -0.05) is 169 Å². The number of hydrogen-bond acceptors (Lipinski definition) is 5.